The lowest BCUT2D eigenvalue weighted by Gasteiger charge is -2.37. The van der Waals surface area contributed by atoms with Crippen LogP contribution in [0.5, 0.6) is 0 Å². The highest BCUT2D eigenvalue weighted by atomic mass is 35.5. The maximum Gasteiger partial charge on any atom is 0.289 e. The summed E-state index contributed by atoms with van der Waals surface area (Å²) in [5.74, 6) is 1.21. The minimum Gasteiger partial charge on any atom is -0.456 e. The zero-order valence-electron chi connectivity index (χ0n) is 10.4. The molecule has 0 saturated carbocycles. The molecule has 0 radical (unpaired) electrons. The van der Waals surface area contributed by atoms with Crippen LogP contribution in [-0.4, -0.2) is 36.0 Å². The van der Waals surface area contributed by atoms with Crippen molar-refractivity contribution in [3.63, 3.8) is 0 Å². The first-order chi connectivity index (χ1) is 7.58. The summed E-state index contributed by atoms with van der Waals surface area (Å²) in [6, 6.07) is 4.13. The number of halogens is 1. The smallest absolute Gasteiger partial charge is 0.289 e. The number of aryl methyl sites for hydroxylation is 1. The van der Waals surface area contributed by atoms with Crippen molar-refractivity contribution >= 4 is 18.3 Å². The molecule has 1 aromatic heterocycles. The molecule has 5 heteroatoms. The van der Waals surface area contributed by atoms with E-state index in [0.717, 1.165) is 18.8 Å². The average molecular weight is 259 g/mol. The highest BCUT2D eigenvalue weighted by molar-refractivity contribution is 5.91. The second-order valence-electron chi connectivity index (χ2n) is 4.53. The highest BCUT2D eigenvalue weighted by Crippen LogP contribution is 2.14. The topological polar surface area (TPSA) is 45.5 Å². The lowest BCUT2D eigenvalue weighted by Crippen LogP contribution is -2.56. The van der Waals surface area contributed by atoms with Gasteiger partial charge in [-0.05, 0) is 32.9 Å². The highest BCUT2D eigenvalue weighted by Gasteiger charge is 2.28. The van der Waals surface area contributed by atoms with Gasteiger partial charge in [-0.1, -0.05) is 0 Å². The van der Waals surface area contributed by atoms with E-state index >= 15 is 0 Å². The molecule has 0 aliphatic carbocycles. The fourth-order valence-electron chi connectivity index (χ4n) is 2.00. The van der Waals surface area contributed by atoms with E-state index in [0.29, 0.717) is 11.8 Å². The summed E-state index contributed by atoms with van der Waals surface area (Å²) in [6.45, 7) is 7.55. The first kappa shape index (κ1) is 14.1. The third kappa shape index (κ3) is 3.01. The second kappa shape index (κ2) is 5.56. The van der Waals surface area contributed by atoms with Gasteiger partial charge < -0.3 is 14.6 Å². The van der Waals surface area contributed by atoms with E-state index in [9.17, 15) is 4.79 Å². The number of hydrogen-bond acceptors (Lipinski definition) is 3. The summed E-state index contributed by atoms with van der Waals surface area (Å²) in [5, 5.41) is 3.35. The van der Waals surface area contributed by atoms with E-state index in [1.807, 2.05) is 24.8 Å². The number of amides is 1. The summed E-state index contributed by atoms with van der Waals surface area (Å²) in [6.07, 6.45) is 0. The maximum absolute atomic E-state index is 12.2. The van der Waals surface area contributed by atoms with Crippen molar-refractivity contribution in [3.8, 4) is 0 Å². The van der Waals surface area contributed by atoms with Crippen LogP contribution in [0.3, 0.4) is 0 Å². The number of piperazine rings is 1. The van der Waals surface area contributed by atoms with E-state index in [1.54, 1.807) is 6.07 Å². The van der Waals surface area contributed by atoms with Crippen molar-refractivity contribution in [2.24, 2.45) is 0 Å². The fourth-order valence-corrected chi connectivity index (χ4v) is 2.00. The first-order valence-corrected chi connectivity index (χ1v) is 5.68. The van der Waals surface area contributed by atoms with Crippen LogP contribution in [0, 0.1) is 6.92 Å². The Morgan fingerprint density at radius 3 is 2.76 bits per heavy atom. The largest absolute Gasteiger partial charge is 0.456 e. The van der Waals surface area contributed by atoms with Crippen molar-refractivity contribution in [3.05, 3.63) is 23.7 Å². The van der Waals surface area contributed by atoms with Crippen LogP contribution in [0.1, 0.15) is 30.2 Å². The normalized spacial score (nSPS) is 24.3. The van der Waals surface area contributed by atoms with Crippen LogP contribution < -0.4 is 5.32 Å². The quantitative estimate of drug-likeness (QED) is 0.836. The Morgan fingerprint density at radius 1 is 1.47 bits per heavy atom. The SMILES string of the molecule is Cc1ccc(C(=O)N2CC(C)NCC2C)o1.Cl. The molecule has 2 rings (SSSR count). The molecule has 1 amide bonds. The lowest BCUT2D eigenvalue weighted by molar-refractivity contribution is 0.0582. The van der Waals surface area contributed by atoms with E-state index in [4.69, 9.17) is 4.42 Å². The molecule has 0 bridgehead atoms. The Morgan fingerprint density at radius 2 is 2.18 bits per heavy atom. The van der Waals surface area contributed by atoms with Crippen molar-refractivity contribution in [2.45, 2.75) is 32.9 Å². The number of nitrogens with one attached hydrogen (secondary N) is 1. The monoisotopic (exact) mass is 258 g/mol. The predicted molar refractivity (Wildman–Crippen MR) is 68.7 cm³/mol. The van der Waals surface area contributed by atoms with Gasteiger partial charge in [0.1, 0.15) is 5.76 Å². The average Bonchev–Trinajstić information content (AvgIpc) is 2.67. The predicted octanol–water partition coefficient (Wildman–Crippen LogP) is 1.83. The molecule has 0 aromatic carbocycles. The standard InChI is InChI=1S/C12H18N2O2.ClH/c1-8-7-14(9(2)6-13-8)12(15)11-5-4-10(3)16-11;/h4-5,8-9,13H,6-7H2,1-3H3;1H. The minimum absolute atomic E-state index is 0. The summed E-state index contributed by atoms with van der Waals surface area (Å²) in [5.41, 5.74) is 0. The van der Waals surface area contributed by atoms with Gasteiger partial charge in [-0.15, -0.1) is 12.4 Å². The number of carbonyl (C=O) groups excluding carboxylic acids is 1. The van der Waals surface area contributed by atoms with Crippen LogP contribution >= 0.6 is 12.4 Å². The molecule has 2 atom stereocenters. The zero-order chi connectivity index (χ0) is 11.7. The number of hydrogen-bond donors (Lipinski definition) is 1. The van der Waals surface area contributed by atoms with E-state index in [2.05, 4.69) is 12.2 Å². The maximum atomic E-state index is 12.2. The molecule has 96 valence electrons. The first-order valence-electron chi connectivity index (χ1n) is 5.68. The molecule has 1 aliphatic rings. The Hall–Kier alpha value is -1.00. The van der Waals surface area contributed by atoms with Gasteiger partial charge in [-0.25, -0.2) is 0 Å². The summed E-state index contributed by atoms with van der Waals surface area (Å²) in [7, 11) is 0. The minimum atomic E-state index is -0.00560. The van der Waals surface area contributed by atoms with Gasteiger partial charge in [0.2, 0.25) is 0 Å². The third-order valence-corrected chi connectivity index (χ3v) is 2.98. The Bertz CT molecular complexity index is 392. The molecule has 1 N–H and O–H groups in total. The third-order valence-electron chi connectivity index (χ3n) is 2.98. The lowest BCUT2D eigenvalue weighted by atomic mass is 10.1. The van der Waals surface area contributed by atoms with Crippen LogP contribution in [-0.2, 0) is 0 Å². The van der Waals surface area contributed by atoms with Crippen molar-refractivity contribution in [1.29, 1.82) is 0 Å². The summed E-state index contributed by atoms with van der Waals surface area (Å²) < 4.78 is 5.37. The van der Waals surface area contributed by atoms with E-state index in [-0.39, 0.29) is 24.4 Å². The molecule has 17 heavy (non-hydrogen) atoms. The Balaban J connectivity index is 0.00000144. The van der Waals surface area contributed by atoms with Gasteiger partial charge in [0.25, 0.3) is 5.91 Å². The second-order valence-corrected chi connectivity index (χ2v) is 4.53. The fraction of sp³-hybridized carbons (Fsp3) is 0.583. The van der Waals surface area contributed by atoms with E-state index < -0.39 is 0 Å². The summed E-state index contributed by atoms with van der Waals surface area (Å²) in [4.78, 5) is 14.0. The van der Waals surface area contributed by atoms with E-state index in [1.165, 1.54) is 0 Å². The van der Waals surface area contributed by atoms with Gasteiger partial charge in [-0.2, -0.15) is 0 Å². The van der Waals surface area contributed by atoms with Crippen molar-refractivity contribution in [1.82, 2.24) is 10.2 Å². The molecular formula is C12H19ClN2O2. The molecule has 1 fully saturated rings. The molecule has 1 aliphatic heterocycles. The van der Waals surface area contributed by atoms with Crippen LogP contribution in [0.25, 0.3) is 0 Å². The molecule has 1 aromatic rings. The summed E-state index contributed by atoms with van der Waals surface area (Å²) >= 11 is 0. The molecule has 4 nitrogen and oxygen atoms in total. The molecule has 0 spiro atoms. The number of furan rings is 1. The van der Waals surface area contributed by atoms with Crippen molar-refractivity contribution in [2.75, 3.05) is 13.1 Å². The number of rotatable bonds is 1. The molecule has 1 saturated heterocycles. The number of carbonyl (C=O) groups is 1. The van der Waals surface area contributed by atoms with Crippen LogP contribution in [0.4, 0.5) is 0 Å². The zero-order valence-corrected chi connectivity index (χ0v) is 11.2. The van der Waals surface area contributed by atoms with Crippen LogP contribution in [0.2, 0.25) is 0 Å². The van der Waals surface area contributed by atoms with Gasteiger partial charge >= 0.3 is 0 Å². The van der Waals surface area contributed by atoms with Gasteiger partial charge in [0.15, 0.2) is 5.76 Å². The van der Waals surface area contributed by atoms with Gasteiger partial charge in [-0.3, -0.25) is 4.79 Å². The number of nitrogens with zero attached hydrogens (tertiary/aromatic N) is 1. The molecule has 2 unspecified atom stereocenters. The molecular weight excluding hydrogens is 240 g/mol. The Labute approximate surface area is 108 Å². The van der Waals surface area contributed by atoms with Gasteiger partial charge in [0, 0.05) is 25.2 Å². The van der Waals surface area contributed by atoms with Gasteiger partial charge in [0.05, 0.1) is 0 Å². The van der Waals surface area contributed by atoms with Crippen molar-refractivity contribution < 1.29 is 9.21 Å². The van der Waals surface area contributed by atoms with Crippen LogP contribution in [0.15, 0.2) is 16.5 Å². The Kier molecular flexibility index (Phi) is 4.60. The molecule has 2 heterocycles.